The Hall–Kier alpha value is -3.08. The van der Waals surface area contributed by atoms with E-state index in [-0.39, 0.29) is 12.1 Å². The largest absolute Gasteiger partial charge is 0.497 e. The van der Waals surface area contributed by atoms with Crippen molar-refractivity contribution in [2.24, 2.45) is 0 Å². The Morgan fingerprint density at radius 3 is 2.70 bits per heavy atom. The number of hydrogen-bond donors (Lipinski definition) is 1. The third-order valence-corrected chi connectivity index (χ3v) is 4.85. The summed E-state index contributed by atoms with van der Waals surface area (Å²) < 4.78 is 10.7. The van der Waals surface area contributed by atoms with Crippen molar-refractivity contribution < 1.29 is 14.3 Å². The fourth-order valence-corrected chi connectivity index (χ4v) is 3.30. The second-order valence-electron chi connectivity index (χ2n) is 6.84. The molecular weight excluding hydrogens is 340 g/mol. The maximum Gasteiger partial charge on any atom is 0.306 e. The summed E-state index contributed by atoms with van der Waals surface area (Å²) in [5.41, 5.74) is 4.99. The molecular formula is C22H22N2O3. The van der Waals surface area contributed by atoms with Gasteiger partial charge in [-0.05, 0) is 31.5 Å². The van der Waals surface area contributed by atoms with Gasteiger partial charge in [-0.15, -0.1) is 0 Å². The van der Waals surface area contributed by atoms with Crippen LogP contribution < -0.4 is 10.1 Å². The number of aromatic nitrogens is 1. The van der Waals surface area contributed by atoms with Gasteiger partial charge >= 0.3 is 5.97 Å². The number of fused-ring (bicyclic) bond motifs is 1. The second kappa shape index (κ2) is 7.27. The minimum absolute atomic E-state index is 0.0817. The number of methoxy groups -OCH3 is 1. The summed E-state index contributed by atoms with van der Waals surface area (Å²) in [4.78, 5) is 16.2. The second-order valence-corrected chi connectivity index (χ2v) is 6.84. The highest BCUT2D eigenvalue weighted by atomic mass is 16.5. The molecule has 0 amide bonds. The van der Waals surface area contributed by atoms with Gasteiger partial charge in [-0.3, -0.25) is 4.79 Å². The van der Waals surface area contributed by atoms with Crippen LogP contribution in [-0.4, -0.2) is 30.7 Å². The standard InChI is InChI=1S/C22H22N2O3/c1-14-3-5-15(6-4-14)19-12-20(23-13-17-8-10-22(25)27-17)18-9-7-16(26-2)11-21(18)24-19/h3-7,9,11-12,17H,8,10,13H2,1-2H3,(H,23,24). The first kappa shape index (κ1) is 17.3. The lowest BCUT2D eigenvalue weighted by Gasteiger charge is -2.15. The van der Waals surface area contributed by atoms with Gasteiger partial charge in [0.1, 0.15) is 11.9 Å². The average Bonchev–Trinajstić information content (AvgIpc) is 3.11. The summed E-state index contributed by atoms with van der Waals surface area (Å²) in [5.74, 6) is 0.651. The lowest BCUT2D eigenvalue weighted by molar-refractivity contribution is -0.140. The van der Waals surface area contributed by atoms with E-state index < -0.39 is 0 Å². The molecule has 1 N–H and O–H groups in total. The first-order chi connectivity index (χ1) is 13.1. The van der Waals surface area contributed by atoms with E-state index in [1.165, 1.54) is 5.56 Å². The molecule has 0 saturated carbocycles. The van der Waals surface area contributed by atoms with Gasteiger partial charge in [-0.1, -0.05) is 29.8 Å². The molecule has 2 aromatic carbocycles. The van der Waals surface area contributed by atoms with E-state index in [4.69, 9.17) is 14.5 Å². The Bertz CT molecular complexity index is 983. The van der Waals surface area contributed by atoms with E-state index >= 15 is 0 Å². The normalized spacial score (nSPS) is 16.4. The van der Waals surface area contributed by atoms with E-state index in [0.29, 0.717) is 13.0 Å². The van der Waals surface area contributed by atoms with E-state index in [1.54, 1.807) is 7.11 Å². The molecule has 138 valence electrons. The number of nitrogens with zero attached hydrogens (tertiary/aromatic N) is 1. The lowest BCUT2D eigenvalue weighted by atomic mass is 10.1. The third-order valence-electron chi connectivity index (χ3n) is 4.85. The SMILES string of the molecule is COc1ccc2c(NCC3CCC(=O)O3)cc(-c3ccc(C)cc3)nc2c1. The Morgan fingerprint density at radius 1 is 1.19 bits per heavy atom. The number of anilines is 1. The van der Waals surface area contributed by atoms with Crippen LogP contribution in [0.5, 0.6) is 5.75 Å². The summed E-state index contributed by atoms with van der Waals surface area (Å²) in [6.07, 6.45) is 1.17. The summed E-state index contributed by atoms with van der Waals surface area (Å²) in [5, 5.41) is 4.46. The highest BCUT2D eigenvalue weighted by Crippen LogP contribution is 2.31. The monoisotopic (exact) mass is 362 g/mol. The quantitative estimate of drug-likeness (QED) is 0.684. The van der Waals surface area contributed by atoms with Gasteiger partial charge in [-0.2, -0.15) is 0 Å². The van der Waals surface area contributed by atoms with Crippen LogP contribution in [0.25, 0.3) is 22.2 Å². The van der Waals surface area contributed by atoms with Crippen molar-refractivity contribution in [1.82, 2.24) is 4.98 Å². The number of carbonyl (C=O) groups is 1. The van der Waals surface area contributed by atoms with Gasteiger partial charge in [0, 0.05) is 29.1 Å². The van der Waals surface area contributed by atoms with Crippen LogP contribution in [0.3, 0.4) is 0 Å². The van der Waals surface area contributed by atoms with Crippen molar-refractivity contribution in [2.75, 3.05) is 19.0 Å². The number of aryl methyl sites for hydroxylation is 1. The van der Waals surface area contributed by atoms with Crippen LogP contribution in [0.1, 0.15) is 18.4 Å². The van der Waals surface area contributed by atoms with E-state index in [1.807, 2.05) is 18.2 Å². The molecule has 1 aliphatic heterocycles. The van der Waals surface area contributed by atoms with E-state index in [9.17, 15) is 4.79 Å². The number of hydrogen-bond acceptors (Lipinski definition) is 5. The summed E-state index contributed by atoms with van der Waals surface area (Å²) >= 11 is 0. The van der Waals surface area contributed by atoms with Crippen LogP contribution in [0, 0.1) is 6.92 Å². The fraction of sp³-hybridized carbons (Fsp3) is 0.273. The van der Waals surface area contributed by atoms with Crippen molar-refractivity contribution in [3.63, 3.8) is 0 Å². The molecule has 0 bridgehead atoms. The number of esters is 1. The molecule has 3 aromatic rings. The van der Waals surface area contributed by atoms with Crippen molar-refractivity contribution >= 4 is 22.6 Å². The number of carbonyl (C=O) groups excluding carboxylic acids is 1. The molecule has 1 aliphatic rings. The highest BCUT2D eigenvalue weighted by Gasteiger charge is 2.23. The zero-order valence-corrected chi connectivity index (χ0v) is 15.5. The number of cyclic esters (lactones) is 1. The zero-order chi connectivity index (χ0) is 18.8. The van der Waals surface area contributed by atoms with E-state index in [2.05, 4.69) is 42.6 Å². The van der Waals surface area contributed by atoms with Crippen molar-refractivity contribution in [1.29, 1.82) is 0 Å². The molecule has 27 heavy (non-hydrogen) atoms. The number of benzene rings is 2. The fourth-order valence-electron chi connectivity index (χ4n) is 3.30. The van der Waals surface area contributed by atoms with Crippen molar-refractivity contribution in [3.05, 3.63) is 54.1 Å². The molecule has 1 unspecified atom stereocenters. The molecule has 5 nitrogen and oxygen atoms in total. The molecule has 1 fully saturated rings. The molecule has 0 aliphatic carbocycles. The van der Waals surface area contributed by atoms with Gasteiger partial charge in [0.2, 0.25) is 0 Å². The molecule has 0 radical (unpaired) electrons. The van der Waals surface area contributed by atoms with E-state index in [0.717, 1.165) is 40.0 Å². The van der Waals surface area contributed by atoms with Crippen LogP contribution in [0.15, 0.2) is 48.5 Å². The number of nitrogens with one attached hydrogen (secondary N) is 1. The van der Waals surface area contributed by atoms with Gasteiger partial charge in [-0.25, -0.2) is 4.98 Å². The predicted octanol–water partition coefficient (Wildman–Crippen LogP) is 4.34. The number of ether oxygens (including phenoxy) is 2. The van der Waals surface area contributed by atoms with Crippen LogP contribution >= 0.6 is 0 Å². The topological polar surface area (TPSA) is 60.5 Å². The predicted molar refractivity (Wildman–Crippen MR) is 106 cm³/mol. The molecule has 5 heteroatoms. The first-order valence-corrected chi connectivity index (χ1v) is 9.11. The maximum atomic E-state index is 11.3. The first-order valence-electron chi connectivity index (χ1n) is 9.11. The lowest BCUT2D eigenvalue weighted by Crippen LogP contribution is -2.19. The average molecular weight is 362 g/mol. The van der Waals surface area contributed by atoms with Gasteiger partial charge in [0.25, 0.3) is 0 Å². The maximum absolute atomic E-state index is 11.3. The number of pyridine rings is 1. The van der Waals surface area contributed by atoms with Crippen molar-refractivity contribution in [2.45, 2.75) is 25.9 Å². The molecule has 1 atom stereocenters. The smallest absolute Gasteiger partial charge is 0.306 e. The Labute approximate surface area is 158 Å². The van der Waals surface area contributed by atoms with Crippen molar-refractivity contribution in [3.8, 4) is 17.0 Å². The minimum atomic E-state index is -0.119. The molecule has 1 aromatic heterocycles. The summed E-state index contributed by atoms with van der Waals surface area (Å²) in [6, 6.07) is 16.2. The zero-order valence-electron chi connectivity index (χ0n) is 15.5. The summed E-state index contributed by atoms with van der Waals surface area (Å²) in [6.45, 7) is 2.66. The molecule has 1 saturated heterocycles. The van der Waals surface area contributed by atoms with Crippen LogP contribution in [0.4, 0.5) is 5.69 Å². The Balaban J connectivity index is 1.72. The highest BCUT2D eigenvalue weighted by molar-refractivity contribution is 5.94. The molecule has 4 rings (SSSR count). The van der Waals surface area contributed by atoms with Gasteiger partial charge < -0.3 is 14.8 Å². The number of rotatable bonds is 5. The van der Waals surface area contributed by atoms with Crippen LogP contribution in [-0.2, 0) is 9.53 Å². The third kappa shape index (κ3) is 3.72. The molecule has 2 heterocycles. The minimum Gasteiger partial charge on any atom is -0.497 e. The summed E-state index contributed by atoms with van der Waals surface area (Å²) in [7, 11) is 1.65. The van der Waals surface area contributed by atoms with Gasteiger partial charge in [0.15, 0.2) is 0 Å². The van der Waals surface area contributed by atoms with Crippen LogP contribution in [0.2, 0.25) is 0 Å². The molecule has 0 spiro atoms. The van der Waals surface area contributed by atoms with Gasteiger partial charge in [0.05, 0.1) is 24.9 Å². The Morgan fingerprint density at radius 2 is 2.00 bits per heavy atom. The Kier molecular flexibility index (Phi) is 4.67.